The van der Waals surface area contributed by atoms with Crippen LogP contribution in [0.1, 0.15) is 37.3 Å². The maximum atomic E-state index is 12.0. The minimum atomic E-state index is -0.0231. The SMILES string of the molecule is CC(=O)NCCc1cccc2ccc(OCCOc3ccc4occ(CCNC(=O)CC5CC5)c4c3)cc12. The average Bonchev–Trinajstić information content (AvgIpc) is 3.64. The Morgan fingerprint density at radius 2 is 1.58 bits per heavy atom. The van der Waals surface area contributed by atoms with Crippen molar-refractivity contribution >= 4 is 33.6 Å². The molecule has 1 heterocycles. The van der Waals surface area contributed by atoms with Gasteiger partial charge in [-0.3, -0.25) is 9.59 Å². The largest absolute Gasteiger partial charge is 0.490 e. The van der Waals surface area contributed by atoms with Gasteiger partial charge in [0.15, 0.2) is 0 Å². The van der Waals surface area contributed by atoms with E-state index >= 15 is 0 Å². The molecule has 4 aromatic rings. The smallest absolute Gasteiger partial charge is 0.220 e. The number of hydrogen-bond donors (Lipinski definition) is 2. The Hall–Kier alpha value is -4.00. The molecule has 1 saturated carbocycles. The second-order valence-electron chi connectivity index (χ2n) is 9.90. The molecule has 0 aliphatic heterocycles. The van der Waals surface area contributed by atoms with Gasteiger partial charge in [0.2, 0.25) is 11.8 Å². The first-order chi connectivity index (χ1) is 18.5. The topological polar surface area (TPSA) is 89.8 Å². The highest BCUT2D eigenvalue weighted by atomic mass is 16.5. The molecule has 0 unspecified atom stereocenters. The van der Waals surface area contributed by atoms with Crippen LogP contribution in [0.2, 0.25) is 0 Å². The van der Waals surface area contributed by atoms with Crippen LogP contribution in [0.25, 0.3) is 21.7 Å². The van der Waals surface area contributed by atoms with Gasteiger partial charge in [0.25, 0.3) is 0 Å². The van der Waals surface area contributed by atoms with Crippen molar-refractivity contribution in [2.75, 3.05) is 26.3 Å². The van der Waals surface area contributed by atoms with Crippen LogP contribution >= 0.6 is 0 Å². The van der Waals surface area contributed by atoms with Gasteiger partial charge >= 0.3 is 0 Å². The van der Waals surface area contributed by atoms with Crippen LogP contribution in [0.4, 0.5) is 0 Å². The lowest BCUT2D eigenvalue weighted by Gasteiger charge is -2.11. The summed E-state index contributed by atoms with van der Waals surface area (Å²) < 4.78 is 17.6. The predicted octanol–water partition coefficient (Wildman–Crippen LogP) is 5.18. The summed E-state index contributed by atoms with van der Waals surface area (Å²) in [4.78, 5) is 23.2. The number of carbonyl (C=O) groups is 2. The van der Waals surface area contributed by atoms with Crippen molar-refractivity contribution in [2.24, 2.45) is 5.92 Å². The van der Waals surface area contributed by atoms with E-state index in [1.54, 1.807) is 6.26 Å². The third kappa shape index (κ3) is 6.85. The van der Waals surface area contributed by atoms with Gasteiger partial charge in [-0.25, -0.2) is 0 Å². The summed E-state index contributed by atoms with van der Waals surface area (Å²) in [6.07, 6.45) is 6.23. The van der Waals surface area contributed by atoms with E-state index in [1.165, 1.54) is 25.3 Å². The van der Waals surface area contributed by atoms with Gasteiger partial charge in [-0.2, -0.15) is 0 Å². The first kappa shape index (κ1) is 25.6. The zero-order chi connectivity index (χ0) is 26.3. The number of nitrogens with one attached hydrogen (secondary N) is 2. The maximum absolute atomic E-state index is 12.0. The minimum Gasteiger partial charge on any atom is -0.490 e. The zero-order valence-corrected chi connectivity index (χ0v) is 21.8. The Morgan fingerprint density at radius 3 is 2.34 bits per heavy atom. The van der Waals surface area contributed by atoms with Crippen LogP contribution in [-0.4, -0.2) is 38.1 Å². The summed E-state index contributed by atoms with van der Waals surface area (Å²) in [6.45, 7) is 3.54. The number of furan rings is 1. The van der Waals surface area contributed by atoms with Gasteiger partial charge < -0.3 is 24.5 Å². The van der Waals surface area contributed by atoms with Crippen LogP contribution in [0, 0.1) is 5.92 Å². The second-order valence-corrected chi connectivity index (χ2v) is 9.90. The fourth-order valence-corrected chi connectivity index (χ4v) is 4.65. The molecule has 0 radical (unpaired) electrons. The Morgan fingerprint density at radius 1 is 0.868 bits per heavy atom. The summed E-state index contributed by atoms with van der Waals surface area (Å²) in [5.74, 6) is 2.24. The molecule has 0 saturated heterocycles. The summed E-state index contributed by atoms with van der Waals surface area (Å²) in [5, 5.41) is 9.13. The van der Waals surface area contributed by atoms with E-state index in [1.807, 2.05) is 36.4 Å². The van der Waals surface area contributed by atoms with E-state index in [0.29, 0.717) is 45.1 Å². The van der Waals surface area contributed by atoms with Crippen molar-refractivity contribution < 1.29 is 23.5 Å². The molecule has 0 spiro atoms. The van der Waals surface area contributed by atoms with Crippen molar-refractivity contribution in [3.63, 3.8) is 0 Å². The summed E-state index contributed by atoms with van der Waals surface area (Å²) in [5.41, 5.74) is 3.03. The van der Waals surface area contributed by atoms with Crippen molar-refractivity contribution in [1.82, 2.24) is 10.6 Å². The number of carbonyl (C=O) groups excluding carboxylic acids is 2. The number of hydrogen-bond acceptors (Lipinski definition) is 5. The molecule has 38 heavy (non-hydrogen) atoms. The summed E-state index contributed by atoms with van der Waals surface area (Å²) in [6, 6.07) is 18.0. The van der Waals surface area contributed by atoms with Crippen molar-refractivity contribution in [2.45, 2.75) is 39.0 Å². The molecule has 0 atom stereocenters. The first-order valence-electron chi connectivity index (χ1n) is 13.3. The molecule has 1 fully saturated rings. The van der Waals surface area contributed by atoms with Crippen LogP contribution in [0.15, 0.2) is 65.3 Å². The Labute approximate surface area is 222 Å². The van der Waals surface area contributed by atoms with E-state index in [4.69, 9.17) is 13.9 Å². The molecule has 1 aromatic heterocycles. The summed E-state index contributed by atoms with van der Waals surface area (Å²) >= 11 is 0. The zero-order valence-electron chi connectivity index (χ0n) is 21.8. The average molecular weight is 515 g/mol. The molecule has 1 aliphatic rings. The number of rotatable bonds is 13. The van der Waals surface area contributed by atoms with Crippen molar-refractivity contribution in [3.05, 3.63) is 72.0 Å². The van der Waals surface area contributed by atoms with E-state index in [9.17, 15) is 9.59 Å². The highest BCUT2D eigenvalue weighted by Gasteiger charge is 2.24. The minimum absolute atomic E-state index is 0.0231. The number of ether oxygens (including phenoxy) is 2. The molecule has 198 valence electrons. The highest BCUT2D eigenvalue weighted by molar-refractivity contribution is 5.87. The molecule has 3 aromatic carbocycles. The van der Waals surface area contributed by atoms with Gasteiger partial charge in [0, 0.05) is 37.4 Å². The van der Waals surface area contributed by atoms with Crippen LogP contribution in [0.5, 0.6) is 11.5 Å². The Balaban J connectivity index is 1.13. The highest BCUT2D eigenvalue weighted by Crippen LogP contribution is 2.32. The molecule has 0 bridgehead atoms. The summed E-state index contributed by atoms with van der Waals surface area (Å²) in [7, 11) is 0. The van der Waals surface area contributed by atoms with Crippen LogP contribution < -0.4 is 20.1 Å². The maximum Gasteiger partial charge on any atom is 0.220 e. The fourth-order valence-electron chi connectivity index (χ4n) is 4.65. The van der Waals surface area contributed by atoms with Crippen molar-refractivity contribution in [3.8, 4) is 11.5 Å². The lowest BCUT2D eigenvalue weighted by atomic mass is 10.0. The van der Waals surface area contributed by atoms with Gasteiger partial charge in [0.05, 0.1) is 6.26 Å². The fraction of sp³-hybridized carbons (Fsp3) is 0.355. The molecule has 7 heteroatoms. The third-order valence-corrected chi connectivity index (χ3v) is 6.85. The molecule has 2 amide bonds. The van der Waals surface area contributed by atoms with E-state index in [-0.39, 0.29) is 11.8 Å². The normalized spacial score (nSPS) is 13.0. The molecular formula is C31H34N2O5. The van der Waals surface area contributed by atoms with E-state index < -0.39 is 0 Å². The number of benzene rings is 3. The van der Waals surface area contributed by atoms with Crippen molar-refractivity contribution in [1.29, 1.82) is 0 Å². The Bertz CT molecular complexity index is 1420. The van der Waals surface area contributed by atoms with E-state index in [0.717, 1.165) is 45.2 Å². The van der Waals surface area contributed by atoms with Gasteiger partial charge in [0.1, 0.15) is 30.3 Å². The number of amides is 2. The molecule has 5 rings (SSSR count). The lowest BCUT2D eigenvalue weighted by molar-refractivity contribution is -0.121. The van der Waals surface area contributed by atoms with Gasteiger partial charge in [-0.1, -0.05) is 24.3 Å². The standard InChI is InChI=1S/C31H34N2O5/c1-21(34)32-13-11-24-4-2-3-23-7-8-26(18-28(23)24)36-15-16-37-27-9-10-30-29(19-27)25(20-38-30)12-14-33-31(35)17-22-5-6-22/h2-4,7-10,18-20,22H,5-6,11-17H2,1H3,(H,32,34)(H,33,35). The predicted molar refractivity (Wildman–Crippen MR) is 148 cm³/mol. The quantitative estimate of drug-likeness (QED) is 0.240. The second kappa shape index (κ2) is 12.0. The molecule has 7 nitrogen and oxygen atoms in total. The van der Waals surface area contributed by atoms with Crippen LogP contribution in [0.3, 0.4) is 0 Å². The molecule has 1 aliphatic carbocycles. The first-order valence-corrected chi connectivity index (χ1v) is 13.3. The molecular weight excluding hydrogens is 480 g/mol. The van der Waals surface area contributed by atoms with Gasteiger partial charge in [-0.05, 0) is 78.3 Å². The Kier molecular flexibility index (Phi) is 8.12. The lowest BCUT2D eigenvalue weighted by Crippen LogP contribution is -2.25. The molecule has 2 N–H and O–H groups in total. The monoisotopic (exact) mass is 514 g/mol. The number of fused-ring (bicyclic) bond motifs is 2. The van der Waals surface area contributed by atoms with Gasteiger partial charge in [-0.15, -0.1) is 0 Å². The van der Waals surface area contributed by atoms with Crippen LogP contribution in [-0.2, 0) is 22.4 Å². The van der Waals surface area contributed by atoms with E-state index in [2.05, 4.69) is 28.8 Å². The third-order valence-electron chi connectivity index (χ3n) is 6.85.